The maximum absolute atomic E-state index is 8.92. The van der Waals surface area contributed by atoms with Gasteiger partial charge in [-0.25, -0.2) is 4.98 Å². The second kappa shape index (κ2) is 6.96. The van der Waals surface area contributed by atoms with Crippen LogP contribution < -0.4 is 9.47 Å². The number of ether oxygens (including phenoxy) is 2. The average Bonchev–Trinajstić information content (AvgIpc) is 2.97. The molecule has 0 radical (unpaired) electrons. The molecule has 5 nitrogen and oxygen atoms in total. The summed E-state index contributed by atoms with van der Waals surface area (Å²) in [5.74, 6) is 1.18. The predicted octanol–water partition coefficient (Wildman–Crippen LogP) is 2.99. The fourth-order valence-electron chi connectivity index (χ4n) is 1.76. The van der Waals surface area contributed by atoms with E-state index in [1.807, 2.05) is 10.8 Å². The van der Waals surface area contributed by atoms with Crippen molar-refractivity contribution in [3.63, 3.8) is 0 Å². The number of hydrogen-bond donors (Lipinski definition) is 0. The molecule has 0 N–H and O–H groups in total. The Kier molecular flexibility index (Phi) is 5.02. The van der Waals surface area contributed by atoms with Crippen molar-refractivity contribution in [3.8, 4) is 17.6 Å². The summed E-state index contributed by atoms with van der Waals surface area (Å²) in [7, 11) is 1.56. The van der Waals surface area contributed by atoms with E-state index in [2.05, 4.69) is 27.0 Å². The Morgan fingerprint density at radius 1 is 1.45 bits per heavy atom. The first-order valence-electron chi connectivity index (χ1n) is 6.10. The Morgan fingerprint density at radius 2 is 2.30 bits per heavy atom. The van der Waals surface area contributed by atoms with Crippen LogP contribution in [-0.2, 0) is 6.54 Å². The fourth-order valence-corrected chi connectivity index (χ4v) is 2.32. The molecule has 1 aromatic carbocycles. The molecule has 0 bridgehead atoms. The lowest BCUT2D eigenvalue weighted by Crippen LogP contribution is -2.04. The van der Waals surface area contributed by atoms with Crippen LogP contribution in [0.25, 0.3) is 0 Å². The van der Waals surface area contributed by atoms with Gasteiger partial charge in [0.2, 0.25) is 0 Å². The van der Waals surface area contributed by atoms with E-state index in [0.717, 1.165) is 17.4 Å². The summed E-state index contributed by atoms with van der Waals surface area (Å²) in [5, 5.41) is 8.92. The third kappa shape index (κ3) is 3.52. The van der Waals surface area contributed by atoms with Crippen LogP contribution in [0.15, 0.2) is 35.3 Å². The molecular weight excluding hydrogens is 322 g/mol. The zero-order chi connectivity index (χ0) is 14.4. The van der Waals surface area contributed by atoms with Gasteiger partial charge in [0.25, 0.3) is 0 Å². The van der Waals surface area contributed by atoms with Crippen LogP contribution in [0.1, 0.15) is 12.0 Å². The molecule has 2 rings (SSSR count). The summed E-state index contributed by atoms with van der Waals surface area (Å²) in [6.07, 6.45) is 6.30. The Hall–Kier alpha value is -2.00. The molecule has 0 aliphatic heterocycles. The molecule has 6 heteroatoms. The van der Waals surface area contributed by atoms with Crippen molar-refractivity contribution in [1.29, 1.82) is 5.26 Å². The van der Waals surface area contributed by atoms with Gasteiger partial charge in [0.05, 0.1) is 36.1 Å². The van der Waals surface area contributed by atoms with Gasteiger partial charge in [0.1, 0.15) is 0 Å². The van der Waals surface area contributed by atoms with E-state index in [1.54, 1.807) is 31.8 Å². The van der Waals surface area contributed by atoms with Crippen LogP contribution in [0.3, 0.4) is 0 Å². The second-order valence-electron chi connectivity index (χ2n) is 4.10. The number of aryl methyl sites for hydroxylation is 1. The van der Waals surface area contributed by atoms with E-state index in [0.29, 0.717) is 23.7 Å². The number of methoxy groups -OCH3 is 1. The Balaban J connectivity index is 1.97. The van der Waals surface area contributed by atoms with Crippen molar-refractivity contribution >= 4 is 15.9 Å². The zero-order valence-electron chi connectivity index (χ0n) is 11.0. The quantitative estimate of drug-likeness (QED) is 0.761. The predicted molar refractivity (Wildman–Crippen MR) is 77.7 cm³/mol. The minimum absolute atomic E-state index is 0.527. The van der Waals surface area contributed by atoms with E-state index in [1.165, 1.54) is 0 Å². The van der Waals surface area contributed by atoms with Gasteiger partial charge in [-0.15, -0.1) is 0 Å². The highest BCUT2D eigenvalue weighted by Gasteiger charge is 2.11. The first-order chi connectivity index (χ1) is 9.74. The Bertz CT molecular complexity index is 606. The maximum Gasteiger partial charge on any atom is 0.175 e. The second-order valence-corrected chi connectivity index (χ2v) is 4.96. The van der Waals surface area contributed by atoms with Gasteiger partial charge >= 0.3 is 0 Å². The third-order valence-corrected chi connectivity index (χ3v) is 3.31. The van der Waals surface area contributed by atoms with Crippen LogP contribution in [0.4, 0.5) is 0 Å². The van der Waals surface area contributed by atoms with Gasteiger partial charge in [-0.1, -0.05) is 0 Å². The number of benzene rings is 1. The first kappa shape index (κ1) is 14.4. The summed E-state index contributed by atoms with van der Waals surface area (Å²) in [5.41, 5.74) is 0.527. The van der Waals surface area contributed by atoms with Gasteiger partial charge in [-0.3, -0.25) is 0 Å². The molecule has 0 saturated carbocycles. The van der Waals surface area contributed by atoms with Crippen molar-refractivity contribution in [2.45, 2.75) is 13.0 Å². The summed E-state index contributed by atoms with van der Waals surface area (Å²) in [6, 6.07) is 5.46. The Labute approximate surface area is 125 Å². The van der Waals surface area contributed by atoms with Crippen LogP contribution in [-0.4, -0.2) is 23.3 Å². The number of aromatic nitrogens is 2. The van der Waals surface area contributed by atoms with Crippen LogP contribution >= 0.6 is 15.9 Å². The lowest BCUT2D eigenvalue weighted by atomic mass is 10.2. The number of halogens is 1. The highest BCUT2D eigenvalue weighted by atomic mass is 79.9. The largest absolute Gasteiger partial charge is 0.493 e. The van der Waals surface area contributed by atoms with E-state index < -0.39 is 0 Å². The van der Waals surface area contributed by atoms with Crippen molar-refractivity contribution in [1.82, 2.24) is 9.55 Å². The van der Waals surface area contributed by atoms with E-state index in [9.17, 15) is 0 Å². The molecule has 0 unspecified atom stereocenters. The molecule has 2 aromatic rings. The smallest absolute Gasteiger partial charge is 0.175 e. The molecule has 1 aromatic heterocycles. The van der Waals surface area contributed by atoms with E-state index >= 15 is 0 Å². The number of nitrogens with zero attached hydrogens (tertiary/aromatic N) is 3. The molecular formula is C14H14BrN3O2. The maximum atomic E-state index is 8.92. The lowest BCUT2D eigenvalue weighted by molar-refractivity contribution is 0.281. The van der Waals surface area contributed by atoms with Crippen molar-refractivity contribution in [2.75, 3.05) is 13.7 Å². The molecule has 0 aliphatic carbocycles. The standard InChI is InChI=1S/C14H14BrN3O2/c1-19-13-8-11(9-16)7-12(15)14(13)20-6-2-4-18-5-3-17-10-18/h3,5,7-8,10H,2,4,6H2,1H3. The summed E-state index contributed by atoms with van der Waals surface area (Å²) >= 11 is 3.40. The monoisotopic (exact) mass is 335 g/mol. The van der Waals surface area contributed by atoms with Gasteiger partial charge < -0.3 is 14.0 Å². The highest BCUT2D eigenvalue weighted by molar-refractivity contribution is 9.10. The van der Waals surface area contributed by atoms with Crippen LogP contribution in [0, 0.1) is 11.3 Å². The Morgan fingerprint density at radius 3 is 2.95 bits per heavy atom. The summed E-state index contributed by atoms with van der Waals surface area (Å²) in [4.78, 5) is 3.98. The molecule has 104 valence electrons. The van der Waals surface area contributed by atoms with Crippen LogP contribution in [0.5, 0.6) is 11.5 Å². The molecule has 0 atom stereocenters. The molecule has 0 aliphatic rings. The van der Waals surface area contributed by atoms with Crippen molar-refractivity contribution < 1.29 is 9.47 Å². The zero-order valence-corrected chi connectivity index (χ0v) is 12.6. The molecule has 1 heterocycles. The highest BCUT2D eigenvalue weighted by Crippen LogP contribution is 2.36. The fraction of sp³-hybridized carbons (Fsp3) is 0.286. The van der Waals surface area contributed by atoms with Gasteiger partial charge in [-0.05, 0) is 28.4 Å². The normalized spacial score (nSPS) is 10.1. The lowest BCUT2D eigenvalue weighted by Gasteiger charge is -2.13. The van der Waals surface area contributed by atoms with Crippen molar-refractivity contribution in [3.05, 3.63) is 40.9 Å². The third-order valence-electron chi connectivity index (χ3n) is 2.72. The summed E-state index contributed by atoms with van der Waals surface area (Å²) in [6.45, 7) is 1.40. The minimum atomic E-state index is 0.527. The number of nitriles is 1. The van der Waals surface area contributed by atoms with E-state index in [4.69, 9.17) is 14.7 Å². The SMILES string of the molecule is COc1cc(C#N)cc(Br)c1OCCCn1ccnc1. The first-order valence-corrected chi connectivity index (χ1v) is 6.90. The molecule has 0 spiro atoms. The average molecular weight is 336 g/mol. The molecule has 0 amide bonds. The molecule has 0 saturated heterocycles. The van der Waals surface area contributed by atoms with Gasteiger partial charge in [-0.2, -0.15) is 5.26 Å². The molecule has 20 heavy (non-hydrogen) atoms. The van der Waals surface area contributed by atoms with Gasteiger partial charge in [0, 0.05) is 25.0 Å². The number of imidazole rings is 1. The van der Waals surface area contributed by atoms with Gasteiger partial charge in [0.15, 0.2) is 11.5 Å². The summed E-state index contributed by atoms with van der Waals surface area (Å²) < 4.78 is 13.7. The number of rotatable bonds is 6. The number of hydrogen-bond acceptors (Lipinski definition) is 4. The van der Waals surface area contributed by atoms with Crippen LogP contribution in [0.2, 0.25) is 0 Å². The minimum Gasteiger partial charge on any atom is -0.493 e. The van der Waals surface area contributed by atoms with E-state index in [-0.39, 0.29) is 0 Å². The topological polar surface area (TPSA) is 60.1 Å². The van der Waals surface area contributed by atoms with Crippen molar-refractivity contribution in [2.24, 2.45) is 0 Å². The molecule has 0 fully saturated rings.